The summed E-state index contributed by atoms with van der Waals surface area (Å²) in [6.07, 6.45) is 7.24. The smallest absolute Gasteiger partial charge is 0.0326 e. The van der Waals surface area contributed by atoms with E-state index >= 15 is 0 Å². The van der Waals surface area contributed by atoms with E-state index in [-0.39, 0.29) is 0 Å². The van der Waals surface area contributed by atoms with E-state index in [1.807, 2.05) is 12.4 Å². The fourth-order valence-electron chi connectivity index (χ4n) is 2.87. The highest BCUT2D eigenvalue weighted by molar-refractivity contribution is 5.37. The summed E-state index contributed by atoms with van der Waals surface area (Å²) in [7, 11) is 0. The molecule has 1 aromatic carbocycles. The van der Waals surface area contributed by atoms with Crippen LogP contribution in [0.5, 0.6) is 0 Å². The molecule has 1 atom stereocenters. The zero-order chi connectivity index (χ0) is 13.1. The minimum absolute atomic E-state index is 0.539. The van der Waals surface area contributed by atoms with Gasteiger partial charge in [-0.15, -0.1) is 0 Å². The van der Waals surface area contributed by atoms with E-state index in [9.17, 15) is 0 Å². The van der Waals surface area contributed by atoms with Gasteiger partial charge < -0.3 is 5.32 Å². The van der Waals surface area contributed by atoms with Gasteiger partial charge in [0.2, 0.25) is 0 Å². The summed E-state index contributed by atoms with van der Waals surface area (Å²) in [5.74, 6) is 0. The van der Waals surface area contributed by atoms with Crippen LogP contribution in [0.1, 0.15) is 34.7 Å². The molecule has 0 spiro atoms. The normalized spacial score (nSPS) is 17.4. The minimum atomic E-state index is 0.539. The molecule has 0 amide bonds. The Balaban J connectivity index is 1.59. The summed E-state index contributed by atoms with van der Waals surface area (Å²) < 4.78 is 0. The number of hydrogen-bond acceptors (Lipinski definition) is 2. The zero-order valence-corrected chi connectivity index (χ0v) is 11.4. The maximum atomic E-state index is 4.05. The van der Waals surface area contributed by atoms with Crippen molar-refractivity contribution in [2.24, 2.45) is 0 Å². The number of benzene rings is 1. The molecule has 98 valence electrons. The van der Waals surface area contributed by atoms with Crippen LogP contribution in [0.15, 0.2) is 42.7 Å². The molecular formula is C17H20N2. The number of nitrogens with zero attached hydrogens (tertiary/aromatic N) is 1. The Hall–Kier alpha value is -1.67. The summed E-state index contributed by atoms with van der Waals surface area (Å²) in [6.45, 7) is 3.20. The second-order valence-corrected chi connectivity index (χ2v) is 5.35. The molecule has 2 heteroatoms. The molecule has 19 heavy (non-hydrogen) atoms. The van der Waals surface area contributed by atoms with Crippen molar-refractivity contribution in [1.82, 2.24) is 10.3 Å². The topological polar surface area (TPSA) is 24.9 Å². The van der Waals surface area contributed by atoms with Crippen LogP contribution in [0.4, 0.5) is 0 Å². The van der Waals surface area contributed by atoms with Crippen molar-refractivity contribution >= 4 is 0 Å². The Morgan fingerprint density at radius 2 is 2.05 bits per heavy atom. The van der Waals surface area contributed by atoms with Gasteiger partial charge in [-0.2, -0.15) is 0 Å². The maximum absolute atomic E-state index is 4.05. The molecule has 2 nitrogen and oxygen atoms in total. The van der Waals surface area contributed by atoms with Crippen LogP contribution in [-0.4, -0.2) is 11.5 Å². The second-order valence-electron chi connectivity index (χ2n) is 5.35. The molecule has 0 fully saturated rings. The molecule has 0 aliphatic heterocycles. The van der Waals surface area contributed by atoms with E-state index in [1.165, 1.54) is 35.1 Å². The highest BCUT2D eigenvalue weighted by atomic mass is 14.9. The van der Waals surface area contributed by atoms with E-state index in [0.29, 0.717) is 6.04 Å². The lowest BCUT2D eigenvalue weighted by Gasteiger charge is -2.14. The maximum Gasteiger partial charge on any atom is 0.0326 e. The first-order chi connectivity index (χ1) is 9.33. The molecule has 0 saturated heterocycles. The number of nitrogens with one attached hydrogen (secondary N) is 1. The van der Waals surface area contributed by atoms with Crippen molar-refractivity contribution in [3.05, 3.63) is 65.0 Å². The Morgan fingerprint density at radius 3 is 2.89 bits per heavy atom. The van der Waals surface area contributed by atoms with Crippen molar-refractivity contribution < 1.29 is 0 Å². The quantitative estimate of drug-likeness (QED) is 0.903. The van der Waals surface area contributed by atoms with Gasteiger partial charge in [-0.25, -0.2) is 0 Å². The fraction of sp³-hybridized carbons (Fsp3) is 0.353. The Morgan fingerprint density at radius 1 is 1.21 bits per heavy atom. The molecule has 0 bridgehead atoms. The lowest BCUT2D eigenvalue weighted by atomic mass is 10.0. The minimum Gasteiger partial charge on any atom is -0.310 e. The molecule has 1 N–H and O–H groups in total. The van der Waals surface area contributed by atoms with Gasteiger partial charge in [-0.05, 0) is 61.6 Å². The average Bonchev–Trinajstić information content (AvgIpc) is 2.83. The molecule has 1 aromatic heterocycles. The summed E-state index contributed by atoms with van der Waals surface area (Å²) in [5.41, 5.74) is 5.74. The standard InChI is InChI=1S/C17H20N2/c1-13-2-3-15-4-5-17(16(15)12-13)19-11-8-14-6-9-18-10-7-14/h2-3,6-7,9-10,12,17,19H,4-5,8,11H2,1H3. The van der Waals surface area contributed by atoms with Crippen molar-refractivity contribution in [3.63, 3.8) is 0 Å². The lowest BCUT2D eigenvalue weighted by Crippen LogP contribution is -2.21. The fourth-order valence-corrected chi connectivity index (χ4v) is 2.87. The Bertz CT molecular complexity index is 548. The third kappa shape index (κ3) is 2.85. The lowest BCUT2D eigenvalue weighted by molar-refractivity contribution is 0.533. The predicted octanol–water partition coefficient (Wildman–Crippen LogP) is 3.21. The van der Waals surface area contributed by atoms with Crippen LogP contribution in [0, 0.1) is 6.92 Å². The predicted molar refractivity (Wildman–Crippen MR) is 78.2 cm³/mol. The van der Waals surface area contributed by atoms with E-state index in [2.05, 4.69) is 47.6 Å². The van der Waals surface area contributed by atoms with Crippen LogP contribution in [0.2, 0.25) is 0 Å². The molecule has 2 aromatic rings. The highest BCUT2D eigenvalue weighted by Crippen LogP contribution is 2.31. The van der Waals surface area contributed by atoms with Gasteiger partial charge in [0.1, 0.15) is 0 Å². The first-order valence-corrected chi connectivity index (χ1v) is 7.04. The monoisotopic (exact) mass is 252 g/mol. The number of hydrogen-bond donors (Lipinski definition) is 1. The summed E-state index contributed by atoms with van der Waals surface area (Å²) in [6, 6.07) is 11.6. The summed E-state index contributed by atoms with van der Waals surface area (Å²) >= 11 is 0. The second kappa shape index (κ2) is 5.54. The van der Waals surface area contributed by atoms with Crippen molar-refractivity contribution in [1.29, 1.82) is 0 Å². The van der Waals surface area contributed by atoms with Gasteiger partial charge in [-0.1, -0.05) is 23.8 Å². The zero-order valence-electron chi connectivity index (χ0n) is 11.4. The molecule has 0 saturated carbocycles. The third-order valence-corrected chi connectivity index (χ3v) is 3.93. The van der Waals surface area contributed by atoms with Gasteiger partial charge >= 0.3 is 0 Å². The van der Waals surface area contributed by atoms with Crippen LogP contribution >= 0.6 is 0 Å². The van der Waals surface area contributed by atoms with Crippen LogP contribution in [0.25, 0.3) is 0 Å². The van der Waals surface area contributed by atoms with E-state index in [1.54, 1.807) is 0 Å². The Kier molecular flexibility index (Phi) is 3.60. The van der Waals surface area contributed by atoms with E-state index < -0.39 is 0 Å². The number of pyridine rings is 1. The van der Waals surface area contributed by atoms with Gasteiger partial charge in [0.05, 0.1) is 0 Å². The van der Waals surface area contributed by atoms with Crippen LogP contribution < -0.4 is 5.32 Å². The van der Waals surface area contributed by atoms with Crippen LogP contribution in [-0.2, 0) is 12.8 Å². The number of aromatic nitrogens is 1. The third-order valence-electron chi connectivity index (χ3n) is 3.93. The highest BCUT2D eigenvalue weighted by Gasteiger charge is 2.21. The first kappa shape index (κ1) is 12.4. The number of aryl methyl sites for hydroxylation is 2. The molecule has 1 aliphatic rings. The summed E-state index contributed by atoms with van der Waals surface area (Å²) in [5, 5.41) is 3.69. The van der Waals surface area contributed by atoms with E-state index in [4.69, 9.17) is 0 Å². The van der Waals surface area contributed by atoms with Crippen molar-refractivity contribution in [2.45, 2.75) is 32.2 Å². The molecule has 1 aliphatic carbocycles. The van der Waals surface area contributed by atoms with Gasteiger partial charge in [-0.3, -0.25) is 4.98 Å². The SMILES string of the molecule is Cc1ccc2c(c1)C(NCCc1ccncc1)CC2. The van der Waals surface area contributed by atoms with Crippen molar-refractivity contribution in [2.75, 3.05) is 6.54 Å². The summed E-state index contributed by atoms with van der Waals surface area (Å²) in [4.78, 5) is 4.05. The number of rotatable bonds is 4. The number of fused-ring (bicyclic) bond motifs is 1. The van der Waals surface area contributed by atoms with Gasteiger partial charge in [0.25, 0.3) is 0 Å². The first-order valence-electron chi connectivity index (χ1n) is 7.04. The molecule has 1 unspecified atom stereocenters. The van der Waals surface area contributed by atoms with Gasteiger partial charge in [0.15, 0.2) is 0 Å². The largest absolute Gasteiger partial charge is 0.310 e. The van der Waals surface area contributed by atoms with Crippen molar-refractivity contribution in [3.8, 4) is 0 Å². The van der Waals surface area contributed by atoms with Gasteiger partial charge in [0, 0.05) is 18.4 Å². The molecule has 0 radical (unpaired) electrons. The molecular weight excluding hydrogens is 232 g/mol. The Labute approximate surface area is 114 Å². The van der Waals surface area contributed by atoms with E-state index in [0.717, 1.165) is 13.0 Å². The average molecular weight is 252 g/mol. The molecule has 1 heterocycles. The van der Waals surface area contributed by atoms with Crippen LogP contribution in [0.3, 0.4) is 0 Å². The molecule has 3 rings (SSSR count).